The lowest BCUT2D eigenvalue weighted by molar-refractivity contribution is -0.161. The van der Waals surface area contributed by atoms with E-state index in [-0.39, 0.29) is 12.3 Å². The van der Waals surface area contributed by atoms with Gasteiger partial charge in [0, 0.05) is 13.0 Å². The molecule has 3 heteroatoms. The predicted molar refractivity (Wildman–Crippen MR) is 30.7 cm³/mol. The second kappa shape index (κ2) is 2.82. The third kappa shape index (κ3) is 1.68. The number of esters is 1. The van der Waals surface area contributed by atoms with Crippen LogP contribution in [0.1, 0.15) is 19.8 Å². The van der Waals surface area contributed by atoms with Crippen LogP contribution in [0.3, 0.4) is 0 Å². The Morgan fingerprint density at radius 1 is 1.89 bits per heavy atom. The third-order valence-electron chi connectivity index (χ3n) is 1.20. The minimum Gasteiger partial charge on any atom is -0.436 e. The Kier molecular flexibility index (Phi) is 2.05. The quantitative estimate of drug-likeness (QED) is 0.516. The maximum absolute atomic E-state index is 10.4. The van der Waals surface area contributed by atoms with Crippen molar-refractivity contribution in [2.75, 3.05) is 6.61 Å². The first-order valence-corrected chi connectivity index (χ1v) is 3.14. The van der Waals surface area contributed by atoms with E-state index in [4.69, 9.17) is 9.47 Å². The van der Waals surface area contributed by atoms with Crippen LogP contribution in [-0.2, 0) is 14.3 Å². The summed E-state index contributed by atoms with van der Waals surface area (Å²) < 4.78 is 9.77. The van der Waals surface area contributed by atoms with Crippen molar-refractivity contribution in [1.82, 2.24) is 0 Å². The SMILES string of the molecule is CCOC1CCC(=O)O1. The summed E-state index contributed by atoms with van der Waals surface area (Å²) >= 11 is 0. The molecule has 0 aromatic rings. The fraction of sp³-hybridized carbons (Fsp3) is 0.833. The molecule has 9 heavy (non-hydrogen) atoms. The minimum absolute atomic E-state index is 0.145. The molecule has 0 bridgehead atoms. The zero-order valence-corrected chi connectivity index (χ0v) is 5.42. The van der Waals surface area contributed by atoms with E-state index in [0.717, 1.165) is 0 Å². The molecular formula is C6H10O3. The maximum atomic E-state index is 10.4. The highest BCUT2D eigenvalue weighted by Gasteiger charge is 2.22. The van der Waals surface area contributed by atoms with Gasteiger partial charge in [0.05, 0.1) is 6.42 Å². The Labute approximate surface area is 53.9 Å². The summed E-state index contributed by atoms with van der Waals surface area (Å²) in [6.07, 6.45) is 0.958. The monoisotopic (exact) mass is 130 g/mol. The summed E-state index contributed by atoms with van der Waals surface area (Å²) in [5, 5.41) is 0. The molecule has 0 N–H and O–H groups in total. The van der Waals surface area contributed by atoms with Crippen molar-refractivity contribution in [3.63, 3.8) is 0 Å². The lowest BCUT2D eigenvalue weighted by Gasteiger charge is -2.06. The largest absolute Gasteiger partial charge is 0.436 e. The summed E-state index contributed by atoms with van der Waals surface area (Å²) in [6.45, 7) is 2.49. The molecule has 0 saturated carbocycles. The molecule has 1 unspecified atom stereocenters. The summed E-state index contributed by atoms with van der Waals surface area (Å²) in [7, 11) is 0. The summed E-state index contributed by atoms with van der Waals surface area (Å²) in [5.74, 6) is -0.145. The van der Waals surface area contributed by atoms with Crippen molar-refractivity contribution in [1.29, 1.82) is 0 Å². The average Bonchev–Trinajstić information content (AvgIpc) is 2.17. The molecule has 0 amide bonds. The number of hydrogen-bond acceptors (Lipinski definition) is 3. The smallest absolute Gasteiger partial charge is 0.308 e. The molecule has 0 aromatic heterocycles. The molecule has 52 valence electrons. The number of ether oxygens (including phenoxy) is 2. The summed E-state index contributed by atoms with van der Waals surface area (Å²) in [6, 6.07) is 0. The van der Waals surface area contributed by atoms with Gasteiger partial charge in [-0.1, -0.05) is 0 Å². The molecule has 1 atom stereocenters. The van der Waals surface area contributed by atoms with E-state index in [1.54, 1.807) is 0 Å². The molecule has 0 spiro atoms. The minimum atomic E-state index is -0.262. The lowest BCUT2D eigenvalue weighted by Crippen LogP contribution is -2.10. The van der Waals surface area contributed by atoms with Crippen LogP contribution in [-0.4, -0.2) is 18.9 Å². The number of carbonyl (C=O) groups excluding carboxylic acids is 1. The van der Waals surface area contributed by atoms with Crippen LogP contribution in [0.2, 0.25) is 0 Å². The Hall–Kier alpha value is -0.570. The van der Waals surface area contributed by atoms with Gasteiger partial charge in [0.15, 0.2) is 0 Å². The maximum Gasteiger partial charge on any atom is 0.308 e. The van der Waals surface area contributed by atoms with E-state index in [0.29, 0.717) is 19.4 Å². The van der Waals surface area contributed by atoms with E-state index >= 15 is 0 Å². The van der Waals surface area contributed by atoms with Crippen LogP contribution in [0.4, 0.5) is 0 Å². The van der Waals surface area contributed by atoms with Crippen LogP contribution in [0.5, 0.6) is 0 Å². The predicted octanol–water partition coefficient (Wildman–Crippen LogP) is 0.686. The van der Waals surface area contributed by atoms with Gasteiger partial charge >= 0.3 is 5.97 Å². The van der Waals surface area contributed by atoms with Gasteiger partial charge in [0.2, 0.25) is 6.29 Å². The van der Waals surface area contributed by atoms with Crippen LogP contribution in [0.15, 0.2) is 0 Å². The van der Waals surface area contributed by atoms with Crippen molar-refractivity contribution in [2.24, 2.45) is 0 Å². The second-order valence-electron chi connectivity index (χ2n) is 1.91. The standard InChI is InChI=1S/C6H10O3/c1-2-8-6-4-3-5(7)9-6/h6H,2-4H2,1H3. The van der Waals surface area contributed by atoms with Crippen LogP contribution >= 0.6 is 0 Å². The zero-order chi connectivity index (χ0) is 6.69. The number of rotatable bonds is 2. The molecule has 1 aliphatic rings. The Balaban J connectivity index is 2.22. The first kappa shape index (κ1) is 6.55. The Morgan fingerprint density at radius 3 is 3.11 bits per heavy atom. The van der Waals surface area contributed by atoms with E-state index in [9.17, 15) is 4.79 Å². The van der Waals surface area contributed by atoms with Gasteiger partial charge in [-0.15, -0.1) is 0 Å². The van der Waals surface area contributed by atoms with Crippen LogP contribution < -0.4 is 0 Å². The fourth-order valence-electron chi connectivity index (χ4n) is 0.803. The molecule has 3 nitrogen and oxygen atoms in total. The lowest BCUT2D eigenvalue weighted by atomic mass is 10.3. The van der Waals surface area contributed by atoms with E-state index in [2.05, 4.69) is 0 Å². The number of carbonyl (C=O) groups is 1. The highest BCUT2D eigenvalue weighted by molar-refractivity contribution is 5.71. The van der Waals surface area contributed by atoms with Crippen molar-refractivity contribution in [3.05, 3.63) is 0 Å². The molecule has 0 aliphatic carbocycles. The molecule has 1 saturated heterocycles. The highest BCUT2D eigenvalue weighted by Crippen LogP contribution is 2.13. The zero-order valence-electron chi connectivity index (χ0n) is 5.42. The molecule has 1 fully saturated rings. The van der Waals surface area contributed by atoms with Gasteiger partial charge in [0.1, 0.15) is 0 Å². The van der Waals surface area contributed by atoms with Crippen LogP contribution in [0.25, 0.3) is 0 Å². The fourth-order valence-corrected chi connectivity index (χ4v) is 0.803. The van der Waals surface area contributed by atoms with E-state index < -0.39 is 0 Å². The van der Waals surface area contributed by atoms with Gasteiger partial charge in [-0.3, -0.25) is 4.79 Å². The normalized spacial score (nSPS) is 26.3. The van der Waals surface area contributed by atoms with Gasteiger partial charge in [0.25, 0.3) is 0 Å². The third-order valence-corrected chi connectivity index (χ3v) is 1.20. The average molecular weight is 130 g/mol. The summed E-state index contributed by atoms with van der Waals surface area (Å²) in [4.78, 5) is 10.4. The van der Waals surface area contributed by atoms with E-state index in [1.165, 1.54) is 0 Å². The molecular weight excluding hydrogens is 120 g/mol. The van der Waals surface area contributed by atoms with E-state index in [1.807, 2.05) is 6.92 Å². The highest BCUT2D eigenvalue weighted by atomic mass is 16.7. The molecule has 1 heterocycles. The Morgan fingerprint density at radius 2 is 2.67 bits per heavy atom. The Bertz CT molecular complexity index is 111. The molecule has 1 rings (SSSR count). The molecule has 0 radical (unpaired) electrons. The van der Waals surface area contributed by atoms with Crippen molar-refractivity contribution in [2.45, 2.75) is 26.1 Å². The van der Waals surface area contributed by atoms with Gasteiger partial charge < -0.3 is 9.47 Å². The topological polar surface area (TPSA) is 35.5 Å². The van der Waals surface area contributed by atoms with Gasteiger partial charge in [-0.05, 0) is 6.92 Å². The number of cyclic esters (lactones) is 1. The molecule has 1 aliphatic heterocycles. The van der Waals surface area contributed by atoms with Crippen molar-refractivity contribution >= 4 is 5.97 Å². The first-order chi connectivity index (χ1) is 4.33. The first-order valence-electron chi connectivity index (χ1n) is 3.14. The van der Waals surface area contributed by atoms with Crippen molar-refractivity contribution < 1.29 is 14.3 Å². The van der Waals surface area contributed by atoms with Crippen LogP contribution in [0, 0.1) is 0 Å². The second-order valence-corrected chi connectivity index (χ2v) is 1.91. The molecule has 0 aromatic carbocycles. The van der Waals surface area contributed by atoms with Gasteiger partial charge in [-0.2, -0.15) is 0 Å². The summed E-state index contributed by atoms with van der Waals surface area (Å²) in [5.41, 5.74) is 0. The number of hydrogen-bond donors (Lipinski definition) is 0. The van der Waals surface area contributed by atoms with Gasteiger partial charge in [-0.25, -0.2) is 0 Å². The van der Waals surface area contributed by atoms with Crippen molar-refractivity contribution in [3.8, 4) is 0 Å².